The van der Waals surface area contributed by atoms with Crippen LogP contribution in [0, 0.1) is 20.8 Å². The van der Waals surface area contributed by atoms with Crippen LogP contribution in [-0.4, -0.2) is 12.2 Å². The van der Waals surface area contributed by atoms with Crippen molar-refractivity contribution >= 4 is 5.76 Å². The highest BCUT2D eigenvalue weighted by atomic mass is 16.5. The Bertz CT molecular complexity index is 915. The molecule has 0 aromatic heterocycles. The molecule has 0 saturated heterocycles. The second-order valence-electron chi connectivity index (χ2n) is 6.98. The third-order valence-corrected chi connectivity index (χ3v) is 4.92. The van der Waals surface area contributed by atoms with Gasteiger partial charge in [0.1, 0.15) is 11.5 Å². The van der Waals surface area contributed by atoms with E-state index in [-0.39, 0.29) is 11.7 Å². The molecule has 0 saturated carbocycles. The lowest BCUT2D eigenvalue weighted by Gasteiger charge is -2.21. The van der Waals surface area contributed by atoms with E-state index in [0.717, 1.165) is 16.9 Å². The Kier molecular flexibility index (Phi) is 5.66. The summed E-state index contributed by atoms with van der Waals surface area (Å²) in [6, 6.07) is 22.1. The van der Waals surface area contributed by atoms with E-state index in [2.05, 4.69) is 45.0 Å². The number of benzene rings is 3. The molecule has 0 aliphatic carbocycles. The standard InChI is InChI=1S/C25H26O2/c1-17-14-18(2)25(19(3)15-17)23(20-10-12-22(27-4)13-11-20)16-24(26)21-8-6-5-7-9-21/h5-16,23,26H,1-4H3/b24-16-/t23-/m0/s1. The van der Waals surface area contributed by atoms with Gasteiger partial charge in [0.2, 0.25) is 0 Å². The molecular formula is C25H26O2. The van der Waals surface area contributed by atoms with Crippen LogP contribution in [0.5, 0.6) is 5.75 Å². The van der Waals surface area contributed by atoms with Crippen LogP contribution in [0.15, 0.2) is 72.8 Å². The van der Waals surface area contributed by atoms with E-state index in [1.165, 1.54) is 22.3 Å². The summed E-state index contributed by atoms with van der Waals surface area (Å²) in [5.74, 6) is 1.07. The third kappa shape index (κ3) is 4.22. The van der Waals surface area contributed by atoms with Crippen LogP contribution in [-0.2, 0) is 0 Å². The second kappa shape index (κ2) is 8.13. The van der Waals surface area contributed by atoms with E-state index in [0.29, 0.717) is 0 Å². The zero-order valence-corrected chi connectivity index (χ0v) is 16.4. The minimum atomic E-state index is -0.0447. The van der Waals surface area contributed by atoms with Gasteiger partial charge in [-0.05, 0) is 61.2 Å². The summed E-state index contributed by atoms with van der Waals surface area (Å²) in [5.41, 5.74) is 6.87. The molecule has 0 spiro atoms. The Labute approximate surface area is 161 Å². The number of ether oxygens (including phenoxy) is 1. The van der Waals surface area contributed by atoms with Crippen LogP contribution in [0.4, 0.5) is 0 Å². The maximum atomic E-state index is 10.8. The van der Waals surface area contributed by atoms with Gasteiger partial charge in [-0.3, -0.25) is 0 Å². The summed E-state index contributed by atoms with van der Waals surface area (Å²) in [6.07, 6.45) is 1.95. The van der Waals surface area contributed by atoms with Gasteiger partial charge < -0.3 is 9.84 Å². The lowest BCUT2D eigenvalue weighted by Crippen LogP contribution is -2.05. The van der Waals surface area contributed by atoms with Crippen LogP contribution < -0.4 is 4.74 Å². The summed E-state index contributed by atoms with van der Waals surface area (Å²) < 4.78 is 5.30. The van der Waals surface area contributed by atoms with Crippen molar-refractivity contribution < 1.29 is 9.84 Å². The number of hydrogen-bond acceptors (Lipinski definition) is 2. The average Bonchev–Trinajstić information content (AvgIpc) is 2.67. The molecule has 0 bridgehead atoms. The number of rotatable bonds is 5. The molecule has 138 valence electrons. The molecule has 0 aliphatic rings. The van der Waals surface area contributed by atoms with E-state index in [9.17, 15) is 5.11 Å². The Morgan fingerprint density at radius 1 is 0.889 bits per heavy atom. The molecule has 0 unspecified atom stereocenters. The number of aryl methyl sites for hydroxylation is 3. The van der Waals surface area contributed by atoms with Crippen molar-refractivity contribution in [2.24, 2.45) is 0 Å². The molecule has 1 atom stereocenters. The summed E-state index contributed by atoms with van der Waals surface area (Å²) in [7, 11) is 1.67. The molecule has 0 heterocycles. The third-order valence-electron chi connectivity index (χ3n) is 4.92. The van der Waals surface area contributed by atoms with Crippen LogP contribution in [0.2, 0.25) is 0 Å². The number of methoxy groups -OCH3 is 1. The minimum absolute atomic E-state index is 0.0447. The van der Waals surface area contributed by atoms with Crippen LogP contribution in [0.3, 0.4) is 0 Å². The van der Waals surface area contributed by atoms with Gasteiger partial charge in [-0.2, -0.15) is 0 Å². The largest absolute Gasteiger partial charge is 0.508 e. The van der Waals surface area contributed by atoms with Crippen LogP contribution >= 0.6 is 0 Å². The predicted molar refractivity (Wildman–Crippen MR) is 113 cm³/mol. The first kappa shape index (κ1) is 18.8. The van der Waals surface area contributed by atoms with Crippen LogP contribution in [0.25, 0.3) is 5.76 Å². The zero-order valence-electron chi connectivity index (χ0n) is 16.4. The fourth-order valence-corrected chi connectivity index (χ4v) is 3.70. The van der Waals surface area contributed by atoms with Gasteiger partial charge in [-0.1, -0.05) is 60.2 Å². The minimum Gasteiger partial charge on any atom is -0.508 e. The first-order valence-electron chi connectivity index (χ1n) is 9.17. The number of aliphatic hydroxyl groups excluding tert-OH is 1. The molecule has 3 rings (SSSR count). The summed E-state index contributed by atoms with van der Waals surface area (Å²) in [4.78, 5) is 0. The quantitative estimate of drug-likeness (QED) is 0.538. The van der Waals surface area contributed by atoms with Gasteiger partial charge in [0, 0.05) is 11.5 Å². The summed E-state index contributed by atoms with van der Waals surface area (Å²) in [6.45, 7) is 6.39. The molecule has 0 radical (unpaired) electrons. The Balaban J connectivity index is 2.15. The van der Waals surface area contributed by atoms with Gasteiger partial charge >= 0.3 is 0 Å². The molecule has 3 aromatic rings. The number of hydrogen-bond donors (Lipinski definition) is 1. The number of aliphatic hydroxyl groups is 1. The maximum Gasteiger partial charge on any atom is 0.119 e. The second-order valence-corrected chi connectivity index (χ2v) is 6.98. The van der Waals surface area contributed by atoms with E-state index in [4.69, 9.17) is 4.74 Å². The van der Waals surface area contributed by atoms with Gasteiger partial charge in [0.25, 0.3) is 0 Å². The van der Waals surface area contributed by atoms with Crippen molar-refractivity contribution in [1.29, 1.82) is 0 Å². The number of allylic oxidation sites excluding steroid dienone is 1. The normalized spacial score (nSPS) is 12.7. The van der Waals surface area contributed by atoms with Crippen molar-refractivity contribution in [3.8, 4) is 5.75 Å². The summed E-state index contributed by atoms with van der Waals surface area (Å²) >= 11 is 0. The maximum absolute atomic E-state index is 10.8. The van der Waals surface area contributed by atoms with Gasteiger partial charge in [-0.25, -0.2) is 0 Å². The van der Waals surface area contributed by atoms with Crippen molar-refractivity contribution in [2.75, 3.05) is 7.11 Å². The van der Waals surface area contributed by atoms with Crippen molar-refractivity contribution in [3.63, 3.8) is 0 Å². The Morgan fingerprint density at radius 3 is 2.04 bits per heavy atom. The highest BCUT2D eigenvalue weighted by Gasteiger charge is 2.18. The van der Waals surface area contributed by atoms with E-state index in [1.54, 1.807) is 7.11 Å². The van der Waals surface area contributed by atoms with Gasteiger partial charge in [-0.15, -0.1) is 0 Å². The highest BCUT2D eigenvalue weighted by molar-refractivity contribution is 5.62. The molecule has 0 amide bonds. The molecule has 1 N–H and O–H groups in total. The smallest absolute Gasteiger partial charge is 0.119 e. The van der Waals surface area contributed by atoms with E-state index < -0.39 is 0 Å². The topological polar surface area (TPSA) is 29.5 Å². The van der Waals surface area contributed by atoms with Crippen molar-refractivity contribution in [1.82, 2.24) is 0 Å². The fourth-order valence-electron chi connectivity index (χ4n) is 3.70. The lowest BCUT2D eigenvalue weighted by molar-refractivity contribution is 0.414. The van der Waals surface area contributed by atoms with Gasteiger partial charge in [0.05, 0.1) is 7.11 Å². The monoisotopic (exact) mass is 358 g/mol. The zero-order chi connectivity index (χ0) is 19.4. The molecule has 3 aromatic carbocycles. The first-order chi connectivity index (χ1) is 13.0. The fraction of sp³-hybridized carbons (Fsp3) is 0.200. The van der Waals surface area contributed by atoms with E-state index in [1.807, 2.05) is 48.5 Å². The first-order valence-corrected chi connectivity index (χ1v) is 9.17. The Hall–Kier alpha value is -3.00. The highest BCUT2D eigenvalue weighted by Crippen LogP contribution is 2.34. The molecule has 27 heavy (non-hydrogen) atoms. The SMILES string of the molecule is COc1ccc([C@H](/C=C(\O)c2ccccc2)c2c(C)cc(C)cc2C)cc1. The molecule has 2 nitrogen and oxygen atoms in total. The predicted octanol–water partition coefficient (Wildman–Crippen LogP) is 6.35. The molecule has 2 heteroatoms. The average molecular weight is 358 g/mol. The molecule has 0 aliphatic heterocycles. The lowest BCUT2D eigenvalue weighted by atomic mass is 9.84. The van der Waals surface area contributed by atoms with Crippen molar-refractivity contribution in [3.05, 3.63) is 106 Å². The van der Waals surface area contributed by atoms with E-state index >= 15 is 0 Å². The molecular weight excluding hydrogens is 332 g/mol. The Morgan fingerprint density at radius 2 is 1.48 bits per heavy atom. The van der Waals surface area contributed by atoms with Gasteiger partial charge in [0.15, 0.2) is 0 Å². The van der Waals surface area contributed by atoms with Crippen LogP contribution in [0.1, 0.15) is 39.3 Å². The summed E-state index contributed by atoms with van der Waals surface area (Å²) in [5, 5.41) is 10.8. The van der Waals surface area contributed by atoms with Crippen molar-refractivity contribution in [2.45, 2.75) is 26.7 Å². The molecule has 0 fully saturated rings.